The average molecular weight is 278 g/mol. The highest BCUT2D eigenvalue weighted by Crippen LogP contribution is 2.19. The van der Waals surface area contributed by atoms with Crippen molar-refractivity contribution >= 4 is 17.7 Å². The van der Waals surface area contributed by atoms with E-state index in [1.54, 1.807) is 24.0 Å². The largest absolute Gasteiger partial charge is 0.478 e. The number of anilines is 1. The number of nitrogens with zero attached hydrogens (tertiary/aromatic N) is 1. The third-order valence-electron chi connectivity index (χ3n) is 3.33. The summed E-state index contributed by atoms with van der Waals surface area (Å²) in [5.41, 5.74) is 1.27. The molecular formula is C14H18N2O4. The van der Waals surface area contributed by atoms with Crippen molar-refractivity contribution in [1.82, 2.24) is 4.90 Å². The van der Waals surface area contributed by atoms with Gasteiger partial charge in [-0.25, -0.2) is 9.59 Å². The number of amides is 2. The van der Waals surface area contributed by atoms with Crippen molar-refractivity contribution in [3.05, 3.63) is 29.3 Å². The Labute approximate surface area is 117 Å². The van der Waals surface area contributed by atoms with Crippen molar-refractivity contribution in [2.24, 2.45) is 0 Å². The van der Waals surface area contributed by atoms with Crippen molar-refractivity contribution in [1.29, 1.82) is 0 Å². The van der Waals surface area contributed by atoms with E-state index >= 15 is 0 Å². The van der Waals surface area contributed by atoms with Gasteiger partial charge in [0, 0.05) is 18.8 Å². The van der Waals surface area contributed by atoms with Gasteiger partial charge in [0.15, 0.2) is 0 Å². The van der Waals surface area contributed by atoms with Crippen LogP contribution >= 0.6 is 0 Å². The smallest absolute Gasteiger partial charge is 0.336 e. The molecule has 108 valence electrons. The Kier molecular flexibility index (Phi) is 4.24. The van der Waals surface area contributed by atoms with Gasteiger partial charge >= 0.3 is 12.0 Å². The van der Waals surface area contributed by atoms with Crippen LogP contribution in [0.4, 0.5) is 10.5 Å². The molecule has 1 heterocycles. The quantitative estimate of drug-likeness (QED) is 0.866. The van der Waals surface area contributed by atoms with E-state index in [9.17, 15) is 9.59 Å². The summed E-state index contributed by atoms with van der Waals surface area (Å²) in [6, 6.07) is 4.60. The van der Waals surface area contributed by atoms with Crippen molar-refractivity contribution < 1.29 is 19.4 Å². The van der Waals surface area contributed by atoms with Crippen molar-refractivity contribution in [3.8, 4) is 0 Å². The number of hydrogen-bond acceptors (Lipinski definition) is 3. The second kappa shape index (κ2) is 5.92. The maximum atomic E-state index is 12.2. The van der Waals surface area contributed by atoms with E-state index in [2.05, 4.69) is 5.32 Å². The Morgan fingerprint density at radius 1 is 1.45 bits per heavy atom. The first-order chi connectivity index (χ1) is 9.49. The van der Waals surface area contributed by atoms with Crippen LogP contribution < -0.4 is 5.32 Å². The molecule has 2 rings (SSSR count). The molecule has 6 nitrogen and oxygen atoms in total. The number of carbonyl (C=O) groups is 2. The van der Waals surface area contributed by atoms with Crippen molar-refractivity contribution in [3.63, 3.8) is 0 Å². The fourth-order valence-corrected chi connectivity index (χ4v) is 2.20. The lowest BCUT2D eigenvalue weighted by molar-refractivity contribution is -0.00138. The standard InChI is InChI=1S/C14H18N2O4/c1-9-8-16(6-7-20-9)14(19)15-12-5-3-4-11(10(12)2)13(17)18/h3-5,9H,6-8H2,1-2H3,(H,15,19)(H,17,18). The fraction of sp³-hybridized carbons (Fsp3) is 0.429. The molecular weight excluding hydrogens is 260 g/mol. The molecule has 1 unspecified atom stereocenters. The third kappa shape index (κ3) is 3.08. The van der Waals surface area contributed by atoms with E-state index in [-0.39, 0.29) is 17.7 Å². The van der Waals surface area contributed by atoms with Crippen LogP contribution in [0, 0.1) is 6.92 Å². The lowest BCUT2D eigenvalue weighted by Crippen LogP contribution is -2.46. The molecule has 1 aliphatic rings. The molecule has 0 spiro atoms. The van der Waals surface area contributed by atoms with Crippen LogP contribution in [0.25, 0.3) is 0 Å². The van der Waals surface area contributed by atoms with Crippen LogP contribution in [-0.2, 0) is 4.74 Å². The van der Waals surface area contributed by atoms with Crippen molar-refractivity contribution in [2.45, 2.75) is 20.0 Å². The van der Waals surface area contributed by atoms with E-state index in [0.29, 0.717) is 30.9 Å². The number of aromatic carboxylic acids is 1. The summed E-state index contributed by atoms with van der Waals surface area (Å²) >= 11 is 0. The monoisotopic (exact) mass is 278 g/mol. The summed E-state index contributed by atoms with van der Waals surface area (Å²) < 4.78 is 5.38. The van der Waals surface area contributed by atoms with Crippen LogP contribution in [0.1, 0.15) is 22.8 Å². The zero-order valence-electron chi connectivity index (χ0n) is 11.5. The number of carboxylic acids is 1. The van der Waals surface area contributed by atoms with Gasteiger partial charge in [-0.05, 0) is 31.5 Å². The Hall–Kier alpha value is -2.08. The normalized spacial score (nSPS) is 18.7. The van der Waals surface area contributed by atoms with Crippen LogP contribution in [-0.4, -0.2) is 47.8 Å². The summed E-state index contributed by atoms with van der Waals surface area (Å²) in [7, 11) is 0. The first kappa shape index (κ1) is 14.3. The van der Waals surface area contributed by atoms with E-state index < -0.39 is 5.97 Å². The highest BCUT2D eigenvalue weighted by atomic mass is 16.5. The second-order valence-corrected chi connectivity index (χ2v) is 4.84. The summed E-state index contributed by atoms with van der Waals surface area (Å²) in [5, 5.41) is 11.8. The molecule has 0 saturated carbocycles. The van der Waals surface area contributed by atoms with E-state index in [4.69, 9.17) is 9.84 Å². The third-order valence-corrected chi connectivity index (χ3v) is 3.33. The zero-order chi connectivity index (χ0) is 14.7. The number of nitrogens with one attached hydrogen (secondary N) is 1. The number of morpholine rings is 1. The van der Waals surface area contributed by atoms with Crippen LogP contribution in [0.15, 0.2) is 18.2 Å². The molecule has 1 atom stereocenters. The topological polar surface area (TPSA) is 78.9 Å². The lowest BCUT2D eigenvalue weighted by Gasteiger charge is -2.31. The molecule has 1 aromatic carbocycles. The Balaban J connectivity index is 2.11. The van der Waals surface area contributed by atoms with Gasteiger partial charge in [0.2, 0.25) is 0 Å². The summed E-state index contributed by atoms with van der Waals surface area (Å²) in [5.74, 6) is -1.00. The van der Waals surface area contributed by atoms with Crippen LogP contribution in [0.5, 0.6) is 0 Å². The molecule has 2 N–H and O–H groups in total. The van der Waals surface area contributed by atoms with Gasteiger partial charge in [-0.3, -0.25) is 0 Å². The van der Waals surface area contributed by atoms with Gasteiger partial charge in [0.25, 0.3) is 0 Å². The molecule has 0 radical (unpaired) electrons. The van der Waals surface area contributed by atoms with E-state index in [1.165, 1.54) is 6.07 Å². The fourth-order valence-electron chi connectivity index (χ4n) is 2.20. The second-order valence-electron chi connectivity index (χ2n) is 4.84. The summed E-state index contributed by atoms with van der Waals surface area (Å²) in [6.45, 7) is 5.18. The van der Waals surface area contributed by atoms with Crippen LogP contribution in [0.3, 0.4) is 0 Å². The van der Waals surface area contributed by atoms with E-state index in [1.807, 2.05) is 6.92 Å². The maximum absolute atomic E-state index is 12.2. The van der Waals surface area contributed by atoms with Gasteiger partial charge in [0.1, 0.15) is 0 Å². The minimum absolute atomic E-state index is 0.0148. The lowest BCUT2D eigenvalue weighted by atomic mass is 10.1. The SMILES string of the molecule is Cc1c(NC(=O)N2CCOC(C)C2)cccc1C(=O)O. The zero-order valence-corrected chi connectivity index (χ0v) is 11.5. The van der Waals surface area contributed by atoms with Crippen molar-refractivity contribution in [2.75, 3.05) is 25.0 Å². The maximum Gasteiger partial charge on any atom is 0.336 e. The molecule has 0 aromatic heterocycles. The minimum Gasteiger partial charge on any atom is -0.478 e. The van der Waals surface area contributed by atoms with Gasteiger partial charge in [0.05, 0.1) is 18.3 Å². The first-order valence-electron chi connectivity index (χ1n) is 6.49. The van der Waals surface area contributed by atoms with Crippen LogP contribution in [0.2, 0.25) is 0 Å². The molecule has 1 fully saturated rings. The molecule has 0 aliphatic carbocycles. The highest BCUT2D eigenvalue weighted by Gasteiger charge is 2.22. The minimum atomic E-state index is -1.00. The predicted octanol–water partition coefficient (Wildman–Crippen LogP) is 1.95. The van der Waals surface area contributed by atoms with Gasteiger partial charge < -0.3 is 20.1 Å². The number of carboxylic acid groups (broad SMARTS) is 1. The number of hydrogen-bond donors (Lipinski definition) is 2. The first-order valence-corrected chi connectivity index (χ1v) is 6.49. The number of rotatable bonds is 2. The number of carbonyl (C=O) groups excluding carboxylic acids is 1. The van der Waals surface area contributed by atoms with E-state index in [0.717, 1.165) is 0 Å². The molecule has 1 aliphatic heterocycles. The Bertz CT molecular complexity index is 530. The molecule has 0 bridgehead atoms. The molecule has 1 saturated heterocycles. The average Bonchev–Trinajstić information content (AvgIpc) is 2.40. The predicted molar refractivity (Wildman–Crippen MR) is 74.1 cm³/mol. The number of urea groups is 1. The number of ether oxygens (including phenoxy) is 1. The molecule has 2 amide bonds. The highest BCUT2D eigenvalue weighted by molar-refractivity contribution is 5.95. The Morgan fingerprint density at radius 3 is 2.85 bits per heavy atom. The van der Waals surface area contributed by atoms with Gasteiger partial charge in [-0.1, -0.05) is 6.07 Å². The summed E-state index contributed by atoms with van der Waals surface area (Å²) in [6.07, 6.45) is 0.0148. The molecule has 20 heavy (non-hydrogen) atoms. The molecule has 1 aromatic rings. The number of benzene rings is 1. The Morgan fingerprint density at radius 2 is 2.20 bits per heavy atom. The van der Waals surface area contributed by atoms with Gasteiger partial charge in [-0.2, -0.15) is 0 Å². The van der Waals surface area contributed by atoms with Gasteiger partial charge in [-0.15, -0.1) is 0 Å². The summed E-state index contributed by atoms with van der Waals surface area (Å²) in [4.78, 5) is 24.9. The molecule has 6 heteroatoms.